The molecule has 2 atom stereocenters. The maximum absolute atomic E-state index is 12.4. The van der Waals surface area contributed by atoms with Gasteiger partial charge in [0.05, 0.1) is 12.2 Å². The van der Waals surface area contributed by atoms with Crippen molar-refractivity contribution in [1.82, 2.24) is 20.2 Å². The lowest BCUT2D eigenvalue weighted by molar-refractivity contribution is -0.148. The van der Waals surface area contributed by atoms with E-state index in [1.807, 2.05) is 13.8 Å². The Morgan fingerprint density at radius 2 is 2.32 bits per heavy atom. The molecule has 2 saturated heterocycles. The first-order valence-corrected chi connectivity index (χ1v) is 7.19. The summed E-state index contributed by atoms with van der Waals surface area (Å²) in [5.41, 5.74) is 0.850. The molecule has 2 aliphatic heterocycles. The molecule has 0 radical (unpaired) electrons. The second-order valence-corrected chi connectivity index (χ2v) is 7.03. The van der Waals surface area contributed by atoms with E-state index in [2.05, 4.69) is 15.3 Å². The van der Waals surface area contributed by atoms with Crippen LogP contribution in [0.25, 0.3) is 0 Å². The fourth-order valence-electron chi connectivity index (χ4n) is 2.68. The van der Waals surface area contributed by atoms with Crippen LogP contribution in [0.2, 0.25) is 0 Å². The highest BCUT2D eigenvalue weighted by molar-refractivity contribution is 8.00. The molecule has 1 aromatic rings. The molecule has 7 heteroatoms. The Balaban J connectivity index is 1.81. The van der Waals surface area contributed by atoms with Crippen LogP contribution in [0.4, 0.5) is 0 Å². The molecule has 2 fully saturated rings. The highest BCUT2D eigenvalue weighted by Crippen LogP contribution is 2.41. The van der Waals surface area contributed by atoms with Gasteiger partial charge in [0.2, 0.25) is 11.8 Å². The number of amides is 2. The lowest BCUT2D eigenvalue weighted by Crippen LogP contribution is -2.65. The molecule has 2 N–H and O–H groups in total. The summed E-state index contributed by atoms with van der Waals surface area (Å²) in [5.74, 6) is 0.528. The standard InChI is InChI=1S/C12H16N4O2S/c1-12(2)9-10(17)15-8(3-7-4-13-5-14-7)11(18)16(9)6-19-12/h4-5,8-9H,3,6H2,1-2H3,(H,13,14)(H,15,17). The summed E-state index contributed by atoms with van der Waals surface area (Å²) < 4.78 is -0.224. The van der Waals surface area contributed by atoms with Crippen molar-refractivity contribution in [2.45, 2.75) is 37.1 Å². The Morgan fingerprint density at radius 1 is 1.53 bits per heavy atom. The topological polar surface area (TPSA) is 78.1 Å². The Kier molecular flexibility index (Phi) is 2.81. The molecule has 3 rings (SSSR count). The van der Waals surface area contributed by atoms with Gasteiger partial charge < -0.3 is 15.2 Å². The van der Waals surface area contributed by atoms with Gasteiger partial charge in [-0.15, -0.1) is 11.8 Å². The molecular formula is C12H16N4O2S. The van der Waals surface area contributed by atoms with E-state index in [1.54, 1.807) is 29.2 Å². The third kappa shape index (κ3) is 2.01. The highest BCUT2D eigenvalue weighted by Gasteiger charge is 2.52. The Labute approximate surface area is 115 Å². The minimum absolute atomic E-state index is 0.00252. The van der Waals surface area contributed by atoms with Gasteiger partial charge in [-0.3, -0.25) is 9.59 Å². The van der Waals surface area contributed by atoms with E-state index in [0.717, 1.165) is 5.69 Å². The molecule has 2 unspecified atom stereocenters. The second kappa shape index (κ2) is 4.26. The second-order valence-electron chi connectivity index (χ2n) is 5.43. The molecule has 1 aromatic heterocycles. The number of carbonyl (C=O) groups is 2. The SMILES string of the molecule is CC1(C)SCN2C(=O)C(Cc3cnc[nH]3)NC(=O)C21. The van der Waals surface area contributed by atoms with Crippen molar-refractivity contribution >= 4 is 23.6 Å². The number of hydrogen-bond donors (Lipinski definition) is 2. The number of carbonyl (C=O) groups excluding carboxylic acids is 2. The van der Waals surface area contributed by atoms with Crippen molar-refractivity contribution in [3.63, 3.8) is 0 Å². The van der Waals surface area contributed by atoms with Crippen LogP contribution in [0, 0.1) is 0 Å². The molecule has 0 saturated carbocycles. The van der Waals surface area contributed by atoms with E-state index >= 15 is 0 Å². The maximum Gasteiger partial charge on any atom is 0.246 e. The maximum atomic E-state index is 12.4. The van der Waals surface area contributed by atoms with Crippen LogP contribution in [0.3, 0.4) is 0 Å². The average Bonchev–Trinajstić information content (AvgIpc) is 2.93. The van der Waals surface area contributed by atoms with Crippen LogP contribution in [0.15, 0.2) is 12.5 Å². The van der Waals surface area contributed by atoms with Crippen molar-refractivity contribution < 1.29 is 9.59 Å². The van der Waals surface area contributed by atoms with Gasteiger partial charge in [-0.2, -0.15) is 0 Å². The quantitative estimate of drug-likeness (QED) is 0.807. The van der Waals surface area contributed by atoms with E-state index in [0.29, 0.717) is 12.3 Å². The van der Waals surface area contributed by atoms with Gasteiger partial charge >= 0.3 is 0 Å². The first-order valence-electron chi connectivity index (χ1n) is 6.21. The molecule has 0 aromatic carbocycles. The summed E-state index contributed by atoms with van der Waals surface area (Å²) in [5, 5.41) is 2.84. The van der Waals surface area contributed by atoms with E-state index in [-0.39, 0.29) is 22.6 Å². The number of hydrogen-bond acceptors (Lipinski definition) is 4. The summed E-state index contributed by atoms with van der Waals surface area (Å²) in [7, 11) is 0. The lowest BCUT2D eigenvalue weighted by Gasteiger charge is -2.37. The number of aromatic nitrogens is 2. The molecule has 0 aliphatic carbocycles. The highest BCUT2D eigenvalue weighted by atomic mass is 32.2. The molecule has 3 heterocycles. The van der Waals surface area contributed by atoms with Crippen molar-refractivity contribution in [2.24, 2.45) is 0 Å². The van der Waals surface area contributed by atoms with Crippen LogP contribution in [-0.4, -0.2) is 49.4 Å². The van der Waals surface area contributed by atoms with Gasteiger partial charge in [-0.1, -0.05) is 0 Å². The van der Waals surface area contributed by atoms with Crippen LogP contribution in [0.5, 0.6) is 0 Å². The summed E-state index contributed by atoms with van der Waals surface area (Å²) >= 11 is 1.65. The number of piperazine rings is 1. The molecule has 19 heavy (non-hydrogen) atoms. The summed E-state index contributed by atoms with van der Waals surface area (Å²) in [4.78, 5) is 33.2. The summed E-state index contributed by atoms with van der Waals surface area (Å²) in [6.45, 7) is 4.01. The first-order chi connectivity index (χ1) is 8.99. The Morgan fingerprint density at radius 3 is 3.00 bits per heavy atom. The van der Waals surface area contributed by atoms with Crippen molar-refractivity contribution in [3.8, 4) is 0 Å². The number of aromatic amines is 1. The number of nitrogens with one attached hydrogen (secondary N) is 2. The number of H-pyrrole nitrogens is 1. The number of nitrogens with zero attached hydrogens (tertiary/aromatic N) is 2. The monoisotopic (exact) mass is 280 g/mol. The smallest absolute Gasteiger partial charge is 0.246 e. The molecule has 2 amide bonds. The summed E-state index contributed by atoms with van der Waals surface area (Å²) in [6, 6.07) is -0.846. The Bertz CT molecular complexity index is 514. The Hall–Kier alpha value is -1.50. The van der Waals surface area contributed by atoms with Crippen molar-refractivity contribution in [1.29, 1.82) is 0 Å². The largest absolute Gasteiger partial charge is 0.348 e. The van der Waals surface area contributed by atoms with Crippen LogP contribution < -0.4 is 5.32 Å². The first kappa shape index (κ1) is 12.5. The van der Waals surface area contributed by atoms with Crippen LogP contribution in [0.1, 0.15) is 19.5 Å². The third-order valence-corrected chi connectivity index (χ3v) is 5.05. The predicted octanol–water partition coefficient (Wildman–Crippen LogP) is 0.131. The fourth-order valence-corrected chi connectivity index (χ4v) is 3.82. The van der Waals surface area contributed by atoms with Crippen LogP contribution in [-0.2, 0) is 16.0 Å². The number of imidazole rings is 1. The van der Waals surface area contributed by atoms with Gasteiger partial charge in [0.1, 0.15) is 12.1 Å². The molecular weight excluding hydrogens is 264 g/mol. The minimum atomic E-state index is -0.487. The van der Waals surface area contributed by atoms with Gasteiger partial charge in [-0.05, 0) is 13.8 Å². The molecule has 2 aliphatic rings. The van der Waals surface area contributed by atoms with E-state index in [4.69, 9.17) is 0 Å². The number of fused-ring (bicyclic) bond motifs is 1. The zero-order valence-corrected chi connectivity index (χ0v) is 11.7. The predicted molar refractivity (Wildman–Crippen MR) is 71.4 cm³/mol. The third-order valence-electron chi connectivity index (χ3n) is 3.67. The molecule has 0 bridgehead atoms. The van der Waals surface area contributed by atoms with Gasteiger partial charge in [-0.25, -0.2) is 4.98 Å². The fraction of sp³-hybridized carbons (Fsp3) is 0.583. The summed E-state index contributed by atoms with van der Waals surface area (Å²) in [6.07, 6.45) is 3.70. The van der Waals surface area contributed by atoms with Crippen molar-refractivity contribution in [3.05, 3.63) is 18.2 Å². The normalized spacial score (nSPS) is 29.3. The molecule has 6 nitrogen and oxygen atoms in total. The lowest BCUT2D eigenvalue weighted by atomic mass is 9.96. The zero-order chi connectivity index (χ0) is 13.6. The number of rotatable bonds is 2. The van der Waals surface area contributed by atoms with Gasteiger partial charge in [0.15, 0.2) is 0 Å². The minimum Gasteiger partial charge on any atom is -0.348 e. The van der Waals surface area contributed by atoms with E-state index in [9.17, 15) is 9.59 Å². The average molecular weight is 280 g/mol. The molecule has 0 spiro atoms. The van der Waals surface area contributed by atoms with E-state index < -0.39 is 6.04 Å². The van der Waals surface area contributed by atoms with Gasteiger partial charge in [0, 0.05) is 23.1 Å². The van der Waals surface area contributed by atoms with Crippen LogP contribution >= 0.6 is 11.8 Å². The zero-order valence-electron chi connectivity index (χ0n) is 10.8. The molecule has 102 valence electrons. The number of thioether (sulfide) groups is 1. The van der Waals surface area contributed by atoms with E-state index in [1.165, 1.54) is 0 Å². The van der Waals surface area contributed by atoms with Gasteiger partial charge in [0.25, 0.3) is 0 Å². The van der Waals surface area contributed by atoms with Crippen molar-refractivity contribution in [2.75, 3.05) is 5.88 Å².